The van der Waals surface area contributed by atoms with Crippen molar-refractivity contribution in [3.05, 3.63) is 40.7 Å². The van der Waals surface area contributed by atoms with Gasteiger partial charge < -0.3 is 14.8 Å². The quantitative estimate of drug-likeness (QED) is 0.790. The number of aryl methyl sites for hydroxylation is 2. The Balaban J connectivity index is 1.49. The summed E-state index contributed by atoms with van der Waals surface area (Å²) in [5.74, 6) is 1.38. The molecular weight excluding hydrogens is 318 g/mol. The van der Waals surface area contributed by atoms with E-state index < -0.39 is 0 Å². The number of hydrogen-bond donors (Lipinski definition) is 2. The first-order valence-corrected chi connectivity index (χ1v) is 8.67. The van der Waals surface area contributed by atoms with Gasteiger partial charge in [-0.15, -0.1) is 0 Å². The summed E-state index contributed by atoms with van der Waals surface area (Å²) in [4.78, 5) is 12.4. The van der Waals surface area contributed by atoms with Gasteiger partial charge in [-0.3, -0.25) is 9.89 Å². The predicted molar refractivity (Wildman–Crippen MR) is 95.1 cm³/mol. The van der Waals surface area contributed by atoms with E-state index in [1.54, 1.807) is 7.11 Å². The first-order valence-electron chi connectivity index (χ1n) is 8.67. The normalized spacial score (nSPS) is 16.0. The molecule has 2 heterocycles. The first-order chi connectivity index (χ1) is 12.1. The molecular formula is C19H25N3O3. The van der Waals surface area contributed by atoms with Crippen LogP contribution in [0.5, 0.6) is 11.5 Å². The van der Waals surface area contributed by atoms with E-state index >= 15 is 0 Å². The number of ether oxygens (including phenoxy) is 2. The zero-order chi connectivity index (χ0) is 17.8. The van der Waals surface area contributed by atoms with Gasteiger partial charge in [0.15, 0.2) is 11.5 Å². The lowest BCUT2D eigenvalue weighted by atomic mass is 9.95. The van der Waals surface area contributed by atoms with Gasteiger partial charge in [0, 0.05) is 12.2 Å². The van der Waals surface area contributed by atoms with Gasteiger partial charge in [-0.25, -0.2) is 0 Å². The fraction of sp³-hybridized carbons (Fsp3) is 0.474. The zero-order valence-electron chi connectivity index (χ0n) is 15.0. The number of carbonyl (C=O) groups excluding carboxylic acids is 1. The molecule has 1 aliphatic rings. The lowest BCUT2D eigenvalue weighted by molar-refractivity contribution is -0.126. The van der Waals surface area contributed by atoms with Gasteiger partial charge in [-0.2, -0.15) is 5.10 Å². The van der Waals surface area contributed by atoms with E-state index in [1.165, 1.54) is 5.56 Å². The Kier molecular flexibility index (Phi) is 5.26. The van der Waals surface area contributed by atoms with Crippen molar-refractivity contribution in [1.29, 1.82) is 0 Å². The molecule has 1 aliphatic heterocycles. The second kappa shape index (κ2) is 7.59. The largest absolute Gasteiger partial charge is 0.493 e. The molecule has 6 heteroatoms. The summed E-state index contributed by atoms with van der Waals surface area (Å²) in [6.07, 6.45) is 2.49. The molecule has 0 aliphatic carbocycles. The van der Waals surface area contributed by atoms with Gasteiger partial charge in [-0.05, 0) is 50.3 Å². The summed E-state index contributed by atoms with van der Waals surface area (Å²) in [6.45, 7) is 5.07. The van der Waals surface area contributed by atoms with Crippen LogP contribution in [0.4, 0.5) is 0 Å². The molecule has 0 radical (unpaired) electrons. The molecule has 0 spiro atoms. The number of methoxy groups -OCH3 is 1. The Morgan fingerprint density at radius 2 is 2.28 bits per heavy atom. The number of rotatable bonds is 6. The summed E-state index contributed by atoms with van der Waals surface area (Å²) >= 11 is 0. The van der Waals surface area contributed by atoms with Crippen LogP contribution in [-0.4, -0.2) is 36.4 Å². The molecule has 1 aromatic heterocycles. The van der Waals surface area contributed by atoms with Gasteiger partial charge in [0.2, 0.25) is 5.91 Å². The van der Waals surface area contributed by atoms with Crippen LogP contribution in [0.15, 0.2) is 18.2 Å². The molecule has 1 aromatic carbocycles. The van der Waals surface area contributed by atoms with E-state index in [9.17, 15) is 4.79 Å². The molecule has 3 rings (SSSR count). The molecule has 25 heavy (non-hydrogen) atoms. The number of carbonyl (C=O) groups is 1. The number of fused-ring (bicyclic) bond motifs is 1. The van der Waals surface area contributed by atoms with Gasteiger partial charge in [0.25, 0.3) is 0 Å². The van der Waals surface area contributed by atoms with Crippen molar-refractivity contribution in [1.82, 2.24) is 15.5 Å². The van der Waals surface area contributed by atoms with Crippen LogP contribution in [0.2, 0.25) is 0 Å². The van der Waals surface area contributed by atoms with Crippen LogP contribution in [0.3, 0.4) is 0 Å². The monoisotopic (exact) mass is 343 g/mol. The Hall–Kier alpha value is -2.50. The number of benzene rings is 1. The Morgan fingerprint density at radius 1 is 1.44 bits per heavy atom. The number of aromatic nitrogens is 2. The number of nitrogens with one attached hydrogen (secondary N) is 2. The molecule has 0 bridgehead atoms. The molecule has 2 aromatic rings. The topological polar surface area (TPSA) is 76.2 Å². The van der Waals surface area contributed by atoms with Gasteiger partial charge in [-0.1, -0.05) is 12.1 Å². The second-order valence-electron chi connectivity index (χ2n) is 6.47. The fourth-order valence-corrected chi connectivity index (χ4v) is 3.29. The van der Waals surface area contributed by atoms with Crippen LogP contribution in [-0.2, 0) is 17.6 Å². The molecule has 1 atom stereocenters. The van der Waals surface area contributed by atoms with Crippen molar-refractivity contribution in [2.24, 2.45) is 5.92 Å². The van der Waals surface area contributed by atoms with Gasteiger partial charge >= 0.3 is 0 Å². The molecule has 0 saturated carbocycles. The van der Waals surface area contributed by atoms with Gasteiger partial charge in [0.1, 0.15) is 6.61 Å². The highest BCUT2D eigenvalue weighted by Gasteiger charge is 2.27. The van der Waals surface area contributed by atoms with E-state index in [0.717, 1.165) is 41.3 Å². The van der Waals surface area contributed by atoms with Crippen molar-refractivity contribution < 1.29 is 14.3 Å². The molecule has 0 unspecified atom stereocenters. The minimum absolute atomic E-state index is 0.0501. The molecule has 134 valence electrons. The minimum Gasteiger partial charge on any atom is -0.493 e. The van der Waals surface area contributed by atoms with Crippen LogP contribution >= 0.6 is 0 Å². The highest BCUT2D eigenvalue weighted by Crippen LogP contribution is 2.35. The van der Waals surface area contributed by atoms with Crippen LogP contribution in [0.25, 0.3) is 0 Å². The van der Waals surface area contributed by atoms with E-state index in [1.807, 2.05) is 32.0 Å². The number of hydrogen-bond acceptors (Lipinski definition) is 4. The molecule has 0 fully saturated rings. The Morgan fingerprint density at radius 3 is 3.00 bits per heavy atom. The van der Waals surface area contributed by atoms with Crippen molar-refractivity contribution >= 4 is 5.91 Å². The number of para-hydroxylation sites is 1. The first kappa shape index (κ1) is 17.3. The van der Waals surface area contributed by atoms with Gasteiger partial charge in [0.05, 0.1) is 18.7 Å². The Labute approximate surface area is 147 Å². The van der Waals surface area contributed by atoms with Crippen LogP contribution in [0.1, 0.15) is 28.9 Å². The van der Waals surface area contributed by atoms with Crippen molar-refractivity contribution in [3.63, 3.8) is 0 Å². The highest BCUT2D eigenvalue weighted by atomic mass is 16.5. The lowest BCUT2D eigenvalue weighted by Gasteiger charge is -2.25. The van der Waals surface area contributed by atoms with Crippen LogP contribution in [0, 0.1) is 19.8 Å². The minimum atomic E-state index is -0.156. The Bertz CT molecular complexity index is 735. The maximum absolute atomic E-state index is 12.4. The second-order valence-corrected chi connectivity index (χ2v) is 6.47. The SMILES string of the molecule is COc1cccc2c1OC[C@@H](C(=O)NCCCc1c(C)n[nH]c1C)C2. The number of aromatic amines is 1. The predicted octanol–water partition coefficient (Wildman–Crippen LogP) is 2.34. The zero-order valence-corrected chi connectivity index (χ0v) is 15.0. The van der Waals surface area contributed by atoms with E-state index in [0.29, 0.717) is 19.6 Å². The number of nitrogens with zero attached hydrogens (tertiary/aromatic N) is 1. The maximum Gasteiger partial charge on any atom is 0.226 e. The molecule has 0 saturated heterocycles. The smallest absolute Gasteiger partial charge is 0.226 e. The van der Waals surface area contributed by atoms with E-state index in [-0.39, 0.29) is 11.8 Å². The fourth-order valence-electron chi connectivity index (χ4n) is 3.29. The van der Waals surface area contributed by atoms with E-state index in [4.69, 9.17) is 9.47 Å². The summed E-state index contributed by atoms with van der Waals surface area (Å²) in [6, 6.07) is 5.79. The molecule has 6 nitrogen and oxygen atoms in total. The third-order valence-electron chi connectivity index (χ3n) is 4.73. The van der Waals surface area contributed by atoms with Crippen molar-refractivity contribution in [2.45, 2.75) is 33.1 Å². The van der Waals surface area contributed by atoms with Crippen molar-refractivity contribution in [3.8, 4) is 11.5 Å². The number of amides is 1. The molecule has 2 N–H and O–H groups in total. The van der Waals surface area contributed by atoms with Crippen molar-refractivity contribution in [2.75, 3.05) is 20.3 Å². The number of H-pyrrole nitrogens is 1. The summed E-state index contributed by atoms with van der Waals surface area (Å²) < 4.78 is 11.1. The highest BCUT2D eigenvalue weighted by molar-refractivity contribution is 5.79. The standard InChI is InChI=1S/C19H25N3O3/c1-12-16(13(2)22-21-12)7-5-9-20-19(23)15-10-14-6-4-8-17(24-3)18(14)25-11-15/h4,6,8,15H,5,7,9-11H2,1-3H3,(H,20,23)(H,21,22)/t15-/m0/s1. The summed E-state index contributed by atoms with van der Waals surface area (Å²) in [5, 5.41) is 10.2. The average Bonchev–Trinajstić information content (AvgIpc) is 2.95. The third kappa shape index (κ3) is 3.78. The summed E-state index contributed by atoms with van der Waals surface area (Å²) in [7, 11) is 1.63. The summed E-state index contributed by atoms with van der Waals surface area (Å²) in [5.41, 5.74) is 4.41. The maximum atomic E-state index is 12.4. The third-order valence-corrected chi connectivity index (χ3v) is 4.73. The van der Waals surface area contributed by atoms with E-state index in [2.05, 4.69) is 15.5 Å². The average molecular weight is 343 g/mol. The lowest BCUT2D eigenvalue weighted by Crippen LogP contribution is -2.37. The molecule has 1 amide bonds. The van der Waals surface area contributed by atoms with Crippen LogP contribution < -0.4 is 14.8 Å².